The topological polar surface area (TPSA) is 66.5 Å². The molecule has 3 rings (SSSR count). The highest BCUT2D eigenvalue weighted by Gasteiger charge is 2.08. The number of aromatic amines is 1. The zero-order valence-corrected chi connectivity index (χ0v) is 12.0. The van der Waals surface area contributed by atoms with Crippen molar-refractivity contribution in [1.29, 1.82) is 0 Å². The molecule has 0 spiro atoms. The molecule has 1 atom stereocenters. The molecule has 5 heteroatoms. The van der Waals surface area contributed by atoms with E-state index in [4.69, 9.17) is 0 Å². The van der Waals surface area contributed by atoms with Gasteiger partial charge in [-0.05, 0) is 37.6 Å². The number of rotatable bonds is 4. The number of nitrogens with zero attached hydrogens (tertiary/aromatic N) is 3. The van der Waals surface area contributed by atoms with Gasteiger partial charge < -0.3 is 5.32 Å². The summed E-state index contributed by atoms with van der Waals surface area (Å²) in [4.78, 5) is 8.51. The minimum Gasteiger partial charge on any atom is -0.378 e. The van der Waals surface area contributed by atoms with Crippen molar-refractivity contribution in [3.05, 3.63) is 60.2 Å². The number of H-pyrrole nitrogens is 1. The molecule has 0 radical (unpaired) electrons. The number of pyridine rings is 1. The molecule has 1 unspecified atom stereocenters. The van der Waals surface area contributed by atoms with Gasteiger partial charge in [0.25, 0.3) is 0 Å². The molecule has 0 aliphatic heterocycles. The smallest absolute Gasteiger partial charge is 0.181 e. The molecule has 1 aromatic carbocycles. The monoisotopic (exact) mass is 279 g/mol. The maximum absolute atomic E-state index is 4.35. The van der Waals surface area contributed by atoms with Gasteiger partial charge in [0.05, 0.1) is 6.04 Å². The summed E-state index contributed by atoms with van der Waals surface area (Å²) >= 11 is 0. The van der Waals surface area contributed by atoms with Gasteiger partial charge in [-0.2, -0.15) is 5.10 Å². The van der Waals surface area contributed by atoms with Crippen LogP contribution in [0, 0.1) is 6.92 Å². The van der Waals surface area contributed by atoms with E-state index in [0.29, 0.717) is 5.82 Å². The molecule has 106 valence electrons. The number of aryl methyl sites for hydroxylation is 1. The summed E-state index contributed by atoms with van der Waals surface area (Å²) in [5.41, 5.74) is 3.17. The third kappa shape index (κ3) is 3.08. The van der Waals surface area contributed by atoms with E-state index in [9.17, 15) is 0 Å². The van der Waals surface area contributed by atoms with Crippen LogP contribution < -0.4 is 5.32 Å². The lowest BCUT2D eigenvalue weighted by Crippen LogP contribution is -2.06. The minimum atomic E-state index is 0.183. The SMILES string of the molecule is Cc1nc(-c2cccc(NC(C)c3cccnc3)c2)n[nH]1. The third-order valence-corrected chi connectivity index (χ3v) is 3.29. The van der Waals surface area contributed by atoms with Crippen LogP contribution in [0.2, 0.25) is 0 Å². The van der Waals surface area contributed by atoms with Crippen molar-refractivity contribution in [2.45, 2.75) is 19.9 Å². The maximum Gasteiger partial charge on any atom is 0.181 e. The summed E-state index contributed by atoms with van der Waals surface area (Å²) in [5.74, 6) is 1.53. The minimum absolute atomic E-state index is 0.183. The van der Waals surface area contributed by atoms with E-state index in [1.807, 2.05) is 37.4 Å². The van der Waals surface area contributed by atoms with Gasteiger partial charge in [0.2, 0.25) is 0 Å². The van der Waals surface area contributed by atoms with Crippen molar-refractivity contribution in [3.63, 3.8) is 0 Å². The second-order valence-corrected chi connectivity index (χ2v) is 4.98. The van der Waals surface area contributed by atoms with Crippen molar-refractivity contribution >= 4 is 5.69 Å². The van der Waals surface area contributed by atoms with E-state index < -0.39 is 0 Å². The van der Waals surface area contributed by atoms with E-state index >= 15 is 0 Å². The fourth-order valence-corrected chi connectivity index (χ4v) is 2.19. The van der Waals surface area contributed by atoms with E-state index in [1.165, 1.54) is 0 Å². The lowest BCUT2D eigenvalue weighted by molar-refractivity contribution is 0.876. The summed E-state index contributed by atoms with van der Waals surface area (Å²) in [6.07, 6.45) is 3.66. The summed E-state index contributed by atoms with van der Waals surface area (Å²) in [7, 11) is 0. The second kappa shape index (κ2) is 5.75. The summed E-state index contributed by atoms with van der Waals surface area (Å²) in [6, 6.07) is 12.3. The van der Waals surface area contributed by atoms with Crippen molar-refractivity contribution in [2.75, 3.05) is 5.32 Å². The molecule has 0 amide bonds. The Balaban J connectivity index is 1.80. The molecule has 0 fully saturated rings. The van der Waals surface area contributed by atoms with Crippen molar-refractivity contribution in [1.82, 2.24) is 20.2 Å². The predicted octanol–water partition coefficient (Wildman–Crippen LogP) is 3.35. The largest absolute Gasteiger partial charge is 0.378 e. The molecule has 0 aliphatic rings. The first-order valence-corrected chi connectivity index (χ1v) is 6.88. The molecule has 2 N–H and O–H groups in total. The Kier molecular flexibility index (Phi) is 3.64. The van der Waals surface area contributed by atoms with Crippen molar-refractivity contribution in [2.24, 2.45) is 0 Å². The number of hydrogen-bond acceptors (Lipinski definition) is 4. The zero-order valence-electron chi connectivity index (χ0n) is 12.0. The van der Waals surface area contributed by atoms with Gasteiger partial charge in [-0.3, -0.25) is 10.1 Å². The van der Waals surface area contributed by atoms with Crippen LogP contribution >= 0.6 is 0 Å². The Morgan fingerprint density at radius 2 is 2.10 bits per heavy atom. The van der Waals surface area contributed by atoms with E-state index in [1.54, 1.807) is 6.20 Å². The van der Waals surface area contributed by atoms with Gasteiger partial charge in [-0.15, -0.1) is 0 Å². The number of hydrogen-bond donors (Lipinski definition) is 2. The Morgan fingerprint density at radius 1 is 1.19 bits per heavy atom. The number of benzene rings is 1. The molecule has 0 aliphatic carbocycles. The lowest BCUT2D eigenvalue weighted by Gasteiger charge is -2.15. The first-order chi connectivity index (χ1) is 10.2. The molecule has 2 heterocycles. The van der Waals surface area contributed by atoms with Gasteiger partial charge in [-0.25, -0.2) is 4.98 Å². The summed E-state index contributed by atoms with van der Waals surface area (Å²) in [6.45, 7) is 4.00. The van der Waals surface area contributed by atoms with Crippen LogP contribution in [0.1, 0.15) is 24.4 Å². The Morgan fingerprint density at radius 3 is 2.81 bits per heavy atom. The van der Waals surface area contributed by atoms with Crippen LogP contribution in [0.3, 0.4) is 0 Å². The van der Waals surface area contributed by atoms with Gasteiger partial charge in [-0.1, -0.05) is 18.2 Å². The number of aromatic nitrogens is 4. The van der Waals surface area contributed by atoms with Crippen LogP contribution in [0.15, 0.2) is 48.8 Å². The maximum atomic E-state index is 4.35. The predicted molar refractivity (Wildman–Crippen MR) is 82.8 cm³/mol. The number of nitrogens with one attached hydrogen (secondary N) is 2. The van der Waals surface area contributed by atoms with E-state index in [-0.39, 0.29) is 6.04 Å². The first kappa shape index (κ1) is 13.3. The van der Waals surface area contributed by atoms with Crippen LogP contribution in [0.4, 0.5) is 5.69 Å². The van der Waals surface area contributed by atoms with Crippen LogP contribution in [0.25, 0.3) is 11.4 Å². The van der Waals surface area contributed by atoms with Crippen LogP contribution in [0.5, 0.6) is 0 Å². The highest BCUT2D eigenvalue weighted by atomic mass is 15.2. The summed E-state index contributed by atoms with van der Waals surface area (Å²) < 4.78 is 0. The van der Waals surface area contributed by atoms with Crippen LogP contribution in [-0.4, -0.2) is 20.2 Å². The van der Waals surface area contributed by atoms with Gasteiger partial charge >= 0.3 is 0 Å². The Hall–Kier alpha value is -2.69. The second-order valence-electron chi connectivity index (χ2n) is 4.98. The molecule has 0 saturated carbocycles. The molecular formula is C16H17N5. The van der Waals surface area contributed by atoms with Crippen LogP contribution in [-0.2, 0) is 0 Å². The normalized spacial score (nSPS) is 12.1. The van der Waals surface area contributed by atoms with E-state index in [2.05, 4.69) is 44.5 Å². The third-order valence-electron chi connectivity index (χ3n) is 3.29. The van der Waals surface area contributed by atoms with Gasteiger partial charge in [0.1, 0.15) is 5.82 Å². The highest BCUT2D eigenvalue weighted by molar-refractivity contribution is 5.62. The van der Waals surface area contributed by atoms with Gasteiger partial charge in [0.15, 0.2) is 5.82 Å². The molecule has 0 bridgehead atoms. The van der Waals surface area contributed by atoms with Crippen molar-refractivity contribution in [3.8, 4) is 11.4 Å². The molecule has 0 saturated heterocycles. The average molecular weight is 279 g/mol. The standard InChI is InChI=1S/C16H17N5/c1-11(14-6-4-8-17-10-14)18-15-7-3-5-13(9-15)16-19-12(2)20-21-16/h3-11,18H,1-2H3,(H,19,20,21). The first-order valence-electron chi connectivity index (χ1n) is 6.88. The summed E-state index contributed by atoms with van der Waals surface area (Å²) in [5, 5.41) is 10.5. The molecule has 2 aromatic heterocycles. The fourth-order valence-electron chi connectivity index (χ4n) is 2.19. The molecule has 5 nitrogen and oxygen atoms in total. The highest BCUT2D eigenvalue weighted by Crippen LogP contribution is 2.23. The van der Waals surface area contributed by atoms with E-state index in [0.717, 1.165) is 22.6 Å². The number of anilines is 1. The molecule has 3 aromatic rings. The molecule has 21 heavy (non-hydrogen) atoms. The Labute approximate surface area is 123 Å². The zero-order chi connectivity index (χ0) is 14.7. The molecular weight excluding hydrogens is 262 g/mol. The fraction of sp³-hybridized carbons (Fsp3) is 0.188. The Bertz CT molecular complexity index is 720. The average Bonchev–Trinajstić information content (AvgIpc) is 2.95. The van der Waals surface area contributed by atoms with Gasteiger partial charge in [0, 0.05) is 23.6 Å². The van der Waals surface area contributed by atoms with Crippen molar-refractivity contribution < 1.29 is 0 Å². The quantitative estimate of drug-likeness (QED) is 0.768. The lowest BCUT2D eigenvalue weighted by atomic mass is 10.1.